The van der Waals surface area contributed by atoms with Crippen LogP contribution in [0.1, 0.15) is 33.1 Å². The number of hydrogen-bond acceptors (Lipinski definition) is 12. The second-order valence-corrected chi connectivity index (χ2v) is 8.06. The SMILES string of the molecule is CC.NC(=O)C(N)CCCCNC(=O)NC(COC(CO)CO)(COC(CO)CO)COC(CO)CO. The number of aliphatic hydroxyl groups is 6. The van der Waals surface area contributed by atoms with Gasteiger partial charge in [-0.25, -0.2) is 4.79 Å². The van der Waals surface area contributed by atoms with Crippen LogP contribution in [0.15, 0.2) is 0 Å². The lowest BCUT2D eigenvalue weighted by Crippen LogP contribution is -2.62. The highest BCUT2D eigenvalue weighted by molar-refractivity contribution is 5.79. The molecule has 37 heavy (non-hydrogen) atoms. The van der Waals surface area contributed by atoms with Gasteiger partial charge in [-0.15, -0.1) is 0 Å². The molecule has 0 aromatic carbocycles. The number of unbranched alkanes of at least 4 members (excludes halogenated alkanes) is 1. The highest BCUT2D eigenvalue weighted by atomic mass is 16.5. The number of primary amides is 1. The number of ether oxygens (including phenoxy) is 3. The van der Waals surface area contributed by atoms with Gasteiger partial charge in [-0.3, -0.25) is 4.79 Å². The third kappa shape index (κ3) is 17.5. The molecule has 3 amide bonds. The first-order chi connectivity index (χ1) is 17.7. The van der Waals surface area contributed by atoms with E-state index in [0.29, 0.717) is 19.3 Å². The van der Waals surface area contributed by atoms with Gasteiger partial charge in [0.2, 0.25) is 5.91 Å². The van der Waals surface area contributed by atoms with Gasteiger partial charge in [-0.2, -0.15) is 0 Å². The van der Waals surface area contributed by atoms with Gasteiger partial charge in [0.25, 0.3) is 0 Å². The molecule has 0 heterocycles. The summed E-state index contributed by atoms with van der Waals surface area (Å²) in [6.07, 6.45) is -1.56. The molecule has 0 radical (unpaired) electrons. The molecule has 0 bridgehead atoms. The van der Waals surface area contributed by atoms with Crippen molar-refractivity contribution in [2.24, 2.45) is 11.5 Å². The molecule has 0 aliphatic carbocycles. The fourth-order valence-electron chi connectivity index (χ4n) is 2.67. The van der Waals surface area contributed by atoms with Crippen LogP contribution in [-0.4, -0.2) is 138 Å². The maximum Gasteiger partial charge on any atom is 0.315 e. The monoisotopic (exact) mass is 544 g/mol. The molecule has 0 aliphatic rings. The fraction of sp³-hybridized carbons (Fsp3) is 0.909. The van der Waals surface area contributed by atoms with Crippen LogP contribution in [0.4, 0.5) is 4.79 Å². The smallest absolute Gasteiger partial charge is 0.315 e. The van der Waals surface area contributed by atoms with Crippen molar-refractivity contribution in [2.75, 3.05) is 66.0 Å². The van der Waals surface area contributed by atoms with Gasteiger partial charge in [0.1, 0.15) is 23.9 Å². The number of nitrogens with two attached hydrogens (primary N) is 2. The van der Waals surface area contributed by atoms with E-state index in [2.05, 4.69) is 10.6 Å². The third-order valence-electron chi connectivity index (χ3n) is 4.98. The number of aliphatic hydroxyl groups excluding tert-OH is 6. The van der Waals surface area contributed by atoms with Gasteiger partial charge in [0, 0.05) is 6.54 Å². The lowest BCUT2D eigenvalue weighted by molar-refractivity contribution is -0.119. The first-order valence-corrected chi connectivity index (χ1v) is 12.3. The topological polar surface area (TPSA) is 259 Å². The van der Waals surface area contributed by atoms with Crippen molar-refractivity contribution in [3.8, 4) is 0 Å². The van der Waals surface area contributed by atoms with Crippen LogP contribution in [-0.2, 0) is 19.0 Å². The molecule has 0 rings (SSSR count). The average Bonchev–Trinajstić information content (AvgIpc) is 2.91. The van der Waals surface area contributed by atoms with Crippen LogP contribution in [0.25, 0.3) is 0 Å². The summed E-state index contributed by atoms with van der Waals surface area (Å²) < 4.78 is 16.5. The molecule has 0 aliphatic heterocycles. The Hall–Kier alpha value is -1.66. The summed E-state index contributed by atoms with van der Waals surface area (Å²) >= 11 is 0. The Balaban J connectivity index is 0. The van der Waals surface area contributed by atoms with E-state index in [1.54, 1.807) is 0 Å². The van der Waals surface area contributed by atoms with Crippen LogP contribution in [0, 0.1) is 0 Å². The molecule has 1 unspecified atom stereocenters. The van der Waals surface area contributed by atoms with Gasteiger partial charge in [0.15, 0.2) is 0 Å². The number of rotatable bonds is 22. The van der Waals surface area contributed by atoms with E-state index in [1.807, 2.05) is 13.8 Å². The summed E-state index contributed by atoms with van der Waals surface area (Å²) in [4.78, 5) is 23.6. The van der Waals surface area contributed by atoms with E-state index in [0.717, 1.165) is 0 Å². The summed E-state index contributed by atoms with van der Waals surface area (Å²) in [6, 6.07) is -1.44. The molecule has 0 aromatic heterocycles. The number of urea groups is 1. The minimum atomic E-state index is -1.48. The zero-order valence-electron chi connectivity index (χ0n) is 21.9. The fourth-order valence-corrected chi connectivity index (χ4v) is 2.67. The maximum atomic E-state index is 12.6. The molecule has 15 nitrogen and oxygen atoms in total. The largest absolute Gasteiger partial charge is 0.394 e. The normalized spacial score (nSPS) is 12.4. The molecule has 0 fully saturated rings. The van der Waals surface area contributed by atoms with Gasteiger partial charge >= 0.3 is 6.03 Å². The number of carbonyl (C=O) groups excluding carboxylic acids is 2. The Morgan fingerprint density at radius 3 is 1.46 bits per heavy atom. The van der Waals surface area contributed by atoms with Crippen molar-refractivity contribution in [1.29, 1.82) is 0 Å². The zero-order chi connectivity index (χ0) is 28.7. The van der Waals surface area contributed by atoms with Crippen LogP contribution < -0.4 is 22.1 Å². The first kappa shape index (κ1) is 37.5. The van der Waals surface area contributed by atoms with E-state index in [4.69, 9.17) is 25.7 Å². The molecule has 0 spiro atoms. The van der Waals surface area contributed by atoms with Crippen LogP contribution in [0.2, 0.25) is 0 Å². The summed E-state index contributed by atoms with van der Waals surface area (Å²) in [5.74, 6) is -0.613. The second kappa shape index (κ2) is 23.5. The average molecular weight is 545 g/mol. The standard InChI is InChI=1S/C20H42N4O11.C2H6/c21-17(18(22)31)3-1-2-4-23-19(32)24-20(11-33-14(5-25)6-26,12-34-15(7-27)8-28)13-35-16(9-29)10-30;1-2/h14-17,25-30H,1-13,21H2,(H2,22,31)(H2,23,24,32);1-2H3. The van der Waals surface area contributed by atoms with Crippen LogP contribution in [0.3, 0.4) is 0 Å². The van der Waals surface area contributed by atoms with Crippen molar-refractivity contribution in [1.82, 2.24) is 10.6 Å². The highest BCUT2D eigenvalue weighted by Crippen LogP contribution is 2.13. The maximum absolute atomic E-state index is 12.6. The molecule has 0 aromatic rings. The number of carbonyl (C=O) groups is 2. The molecule has 15 heteroatoms. The van der Waals surface area contributed by atoms with E-state index in [-0.39, 0.29) is 26.4 Å². The van der Waals surface area contributed by atoms with Crippen molar-refractivity contribution in [2.45, 2.75) is 63.0 Å². The zero-order valence-corrected chi connectivity index (χ0v) is 21.9. The van der Waals surface area contributed by atoms with E-state index >= 15 is 0 Å². The molecular formula is C22H48N4O11. The molecule has 0 saturated carbocycles. The summed E-state index contributed by atoms with van der Waals surface area (Å²) in [5.41, 5.74) is 9.19. The second-order valence-electron chi connectivity index (χ2n) is 8.06. The van der Waals surface area contributed by atoms with E-state index < -0.39 is 81.5 Å². The number of amides is 3. The van der Waals surface area contributed by atoms with E-state index in [9.17, 15) is 40.2 Å². The molecule has 1 atom stereocenters. The lowest BCUT2D eigenvalue weighted by Gasteiger charge is -2.36. The Kier molecular flexibility index (Phi) is 23.8. The van der Waals surface area contributed by atoms with Gasteiger partial charge < -0.3 is 67.0 Å². The quantitative estimate of drug-likeness (QED) is 0.0587. The molecule has 12 N–H and O–H groups in total. The minimum Gasteiger partial charge on any atom is -0.394 e. The first-order valence-electron chi connectivity index (χ1n) is 12.3. The molecule has 0 saturated heterocycles. The third-order valence-corrected chi connectivity index (χ3v) is 4.98. The Morgan fingerprint density at radius 1 is 0.757 bits per heavy atom. The minimum absolute atomic E-state index is 0.220. The predicted octanol–water partition coefficient (Wildman–Crippen LogP) is -3.86. The predicted molar refractivity (Wildman–Crippen MR) is 133 cm³/mol. The van der Waals surface area contributed by atoms with Crippen molar-refractivity contribution in [3.05, 3.63) is 0 Å². The summed E-state index contributed by atoms with van der Waals surface area (Å²) in [7, 11) is 0. The van der Waals surface area contributed by atoms with Crippen molar-refractivity contribution in [3.63, 3.8) is 0 Å². The lowest BCUT2D eigenvalue weighted by atomic mass is 10.0. The van der Waals surface area contributed by atoms with Gasteiger partial charge in [0.05, 0.1) is 65.5 Å². The number of nitrogens with one attached hydrogen (secondary N) is 2. The van der Waals surface area contributed by atoms with Crippen molar-refractivity contribution >= 4 is 11.9 Å². The Labute approximate surface area is 218 Å². The summed E-state index contributed by atoms with van der Waals surface area (Å²) in [6.45, 7) is 0.114. The van der Waals surface area contributed by atoms with E-state index in [1.165, 1.54) is 0 Å². The number of hydrogen-bond donors (Lipinski definition) is 10. The highest BCUT2D eigenvalue weighted by Gasteiger charge is 2.36. The molecule has 222 valence electrons. The van der Waals surface area contributed by atoms with Gasteiger partial charge in [-0.05, 0) is 19.3 Å². The van der Waals surface area contributed by atoms with Gasteiger partial charge in [-0.1, -0.05) is 13.8 Å². The van der Waals surface area contributed by atoms with Crippen LogP contribution in [0.5, 0.6) is 0 Å². The van der Waals surface area contributed by atoms with Crippen LogP contribution >= 0.6 is 0 Å². The Bertz CT molecular complexity index is 522. The van der Waals surface area contributed by atoms with Crippen molar-refractivity contribution < 1.29 is 54.4 Å². The summed E-state index contributed by atoms with van der Waals surface area (Å²) in [5, 5.41) is 61.2. The molecular weight excluding hydrogens is 496 g/mol. The Morgan fingerprint density at radius 2 is 1.14 bits per heavy atom.